The molecule has 1 aliphatic rings. The summed E-state index contributed by atoms with van der Waals surface area (Å²) < 4.78 is 13.2. The Kier molecular flexibility index (Phi) is 5.68. The summed E-state index contributed by atoms with van der Waals surface area (Å²) in [6, 6.07) is 19.3. The van der Waals surface area contributed by atoms with Gasteiger partial charge in [0.05, 0.1) is 17.0 Å². The SMILES string of the molecule is C=CCOc1ccc(C2c3c(oc4ccc(Br)cc4c3=O)C(=O)N2c2ccc(Br)cc2)cc1. The van der Waals surface area contributed by atoms with Crippen molar-refractivity contribution >= 4 is 54.4 Å². The highest BCUT2D eigenvalue weighted by molar-refractivity contribution is 9.10. The molecule has 3 aromatic carbocycles. The first kappa shape index (κ1) is 21.7. The molecule has 0 spiro atoms. The lowest BCUT2D eigenvalue weighted by molar-refractivity contribution is 0.0971. The number of nitrogens with zero attached hydrogens (tertiary/aromatic N) is 1. The molecule has 1 unspecified atom stereocenters. The van der Waals surface area contributed by atoms with Crippen molar-refractivity contribution in [3.8, 4) is 5.75 Å². The van der Waals surface area contributed by atoms with Crippen LogP contribution < -0.4 is 15.1 Å². The molecule has 1 aliphatic heterocycles. The summed E-state index contributed by atoms with van der Waals surface area (Å²) in [5.41, 5.74) is 1.92. The zero-order chi connectivity index (χ0) is 23.1. The van der Waals surface area contributed by atoms with Gasteiger partial charge in [0.15, 0.2) is 5.43 Å². The van der Waals surface area contributed by atoms with Crippen molar-refractivity contribution in [1.29, 1.82) is 0 Å². The topological polar surface area (TPSA) is 59.8 Å². The lowest BCUT2D eigenvalue weighted by Crippen LogP contribution is -2.29. The lowest BCUT2D eigenvalue weighted by Gasteiger charge is -2.25. The van der Waals surface area contributed by atoms with E-state index in [2.05, 4.69) is 38.4 Å². The lowest BCUT2D eigenvalue weighted by atomic mass is 9.98. The van der Waals surface area contributed by atoms with Gasteiger partial charge >= 0.3 is 0 Å². The molecule has 2 heterocycles. The zero-order valence-corrected chi connectivity index (χ0v) is 20.4. The van der Waals surface area contributed by atoms with Gasteiger partial charge in [-0.15, -0.1) is 0 Å². The van der Waals surface area contributed by atoms with E-state index in [1.165, 1.54) is 0 Å². The number of carbonyl (C=O) groups is 1. The van der Waals surface area contributed by atoms with Gasteiger partial charge in [-0.25, -0.2) is 0 Å². The van der Waals surface area contributed by atoms with E-state index in [1.807, 2.05) is 48.5 Å². The van der Waals surface area contributed by atoms with Crippen LogP contribution in [-0.4, -0.2) is 12.5 Å². The van der Waals surface area contributed by atoms with Crippen molar-refractivity contribution in [2.24, 2.45) is 0 Å². The van der Waals surface area contributed by atoms with Gasteiger partial charge in [-0.05, 0) is 60.2 Å². The molecular weight excluding hydrogens is 550 g/mol. The summed E-state index contributed by atoms with van der Waals surface area (Å²) in [6.45, 7) is 4.05. The van der Waals surface area contributed by atoms with E-state index in [-0.39, 0.29) is 17.1 Å². The van der Waals surface area contributed by atoms with Crippen molar-refractivity contribution in [3.05, 3.63) is 115 Å². The number of ether oxygens (including phenoxy) is 1. The number of hydrogen-bond donors (Lipinski definition) is 0. The second-order valence-electron chi connectivity index (χ2n) is 7.54. The Morgan fingerprint density at radius 2 is 1.67 bits per heavy atom. The van der Waals surface area contributed by atoms with Gasteiger partial charge in [-0.1, -0.05) is 56.6 Å². The Balaban J connectivity index is 1.72. The Morgan fingerprint density at radius 3 is 2.36 bits per heavy atom. The summed E-state index contributed by atoms with van der Waals surface area (Å²) >= 11 is 6.86. The molecule has 4 aromatic rings. The number of rotatable bonds is 5. The first-order valence-corrected chi connectivity index (χ1v) is 11.8. The monoisotopic (exact) mass is 565 g/mol. The fraction of sp³-hybridized carbons (Fsp3) is 0.0769. The third-order valence-corrected chi connectivity index (χ3v) is 6.52. The van der Waals surface area contributed by atoms with Crippen LogP contribution in [0.1, 0.15) is 27.7 Å². The molecule has 5 rings (SSSR count). The molecule has 0 fully saturated rings. The average Bonchev–Trinajstić information content (AvgIpc) is 3.11. The fourth-order valence-electron chi connectivity index (χ4n) is 4.03. The van der Waals surface area contributed by atoms with E-state index in [9.17, 15) is 9.59 Å². The quantitative estimate of drug-likeness (QED) is 0.254. The van der Waals surface area contributed by atoms with Gasteiger partial charge in [-0.2, -0.15) is 0 Å². The molecule has 0 bridgehead atoms. The molecule has 1 atom stereocenters. The van der Waals surface area contributed by atoms with Gasteiger partial charge in [0.2, 0.25) is 5.76 Å². The van der Waals surface area contributed by atoms with Gasteiger partial charge in [0.25, 0.3) is 5.91 Å². The molecule has 7 heteroatoms. The Labute approximate surface area is 206 Å². The van der Waals surface area contributed by atoms with E-state index in [1.54, 1.807) is 29.2 Å². The minimum absolute atomic E-state index is 0.0646. The van der Waals surface area contributed by atoms with E-state index >= 15 is 0 Å². The minimum atomic E-state index is -0.637. The maximum atomic E-state index is 13.6. The van der Waals surface area contributed by atoms with Crippen molar-refractivity contribution < 1.29 is 13.9 Å². The van der Waals surface area contributed by atoms with Crippen molar-refractivity contribution in [2.45, 2.75) is 6.04 Å². The predicted octanol–water partition coefficient (Wildman–Crippen LogP) is 6.63. The largest absolute Gasteiger partial charge is 0.490 e. The molecule has 0 N–H and O–H groups in total. The molecule has 0 saturated carbocycles. The van der Waals surface area contributed by atoms with Crippen molar-refractivity contribution in [1.82, 2.24) is 0 Å². The predicted molar refractivity (Wildman–Crippen MR) is 135 cm³/mol. The number of amides is 1. The summed E-state index contributed by atoms with van der Waals surface area (Å²) in [7, 11) is 0. The normalized spacial score (nSPS) is 15.0. The maximum absolute atomic E-state index is 13.6. The van der Waals surface area contributed by atoms with E-state index < -0.39 is 6.04 Å². The molecule has 0 saturated heterocycles. The molecule has 0 radical (unpaired) electrons. The van der Waals surface area contributed by atoms with Crippen LogP contribution in [0, 0.1) is 0 Å². The van der Waals surface area contributed by atoms with Crippen LogP contribution in [0.25, 0.3) is 11.0 Å². The maximum Gasteiger partial charge on any atom is 0.295 e. The highest BCUT2D eigenvalue weighted by Crippen LogP contribution is 2.42. The van der Waals surface area contributed by atoms with Crippen LogP contribution in [-0.2, 0) is 0 Å². The summed E-state index contributed by atoms with van der Waals surface area (Å²) in [4.78, 5) is 28.8. The molecular formula is C26H17Br2NO4. The van der Waals surface area contributed by atoms with Crippen LogP contribution in [0.5, 0.6) is 5.75 Å². The molecule has 164 valence electrons. The fourth-order valence-corrected chi connectivity index (χ4v) is 4.66. The number of hydrogen-bond acceptors (Lipinski definition) is 4. The number of halogens is 2. The van der Waals surface area contributed by atoms with Gasteiger partial charge in [0.1, 0.15) is 17.9 Å². The van der Waals surface area contributed by atoms with Crippen LogP contribution in [0.4, 0.5) is 5.69 Å². The number of benzene rings is 3. The van der Waals surface area contributed by atoms with Gasteiger partial charge in [0, 0.05) is 14.6 Å². The molecule has 1 aromatic heterocycles. The molecule has 5 nitrogen and oxygen atoms in total. The number of fused-ring (bicyclic) bond motifs is 2. The van der Waals surface area contributed by atoms with Crippen LogP contribution in [0.2, 0.25) is 0 Å². The summed E-state index contributed by atoms with van der Waals surface area (Å²) in [5.74, 6) is 0.383. The van der Waals surface area contributed by atoms with Gasteiger partial charge < -0.3 is 9.15 Å². The molecule has 1 amide bonds. The van der Waals surface area contributed by atoms with E-state index in [4.69, 9.17) is 9.15 Å². The Morgan fingerprint density at radius 1 is 0.970 bits per heavy atom. The number of anilines is 1. The van der Waals surface area contributed by atoms with Crippen LogP contribution in [0.3, 0.4) is 0 Å². The second-order valence-corrected chi connectivity index (χ2v) is 9.37. The van der Waals surface area contributed by atoms with Crippen molar-refractivity contribution in [3.63, 3.8) is 0 Å². The minimum Gasteiger partial charge on any atom is -0.490 e. The second kappa shape index (κ2) is 8.65. The third kappa shape index (κ3) is 3.81. The van der Waals surface area contributed by atoms with Crippen molar-refractivity contribution in [2.75, 3.05) is 11.5 Å². The first-order chi connectivity index (χ1) is 16.0. The van der Waals surface area contributed by atoms with Crippen LogP contribution in [0.15, 0.2) is 97.5 Å². The first-order valence-electron chi connectivity index (χ1n) is 10.2. The average molecular weight is 567 g/mol. The van der Waals surface area contributed by atoms with E-state index in [0.717, 1.165) is 14.5 Å². The molecule has 33 heavy (non-hydrogen) atoms. The third-order valence-electron chi connectivity index (χ3n) is 5.50. The Bertz CT molecular complexity index is 1440. The summed E-state index contributed by atoms with van der Waals surface area (Å²) in [6.07, 6.45) is 1.67. The van der Waals surface area contributed by atoms with E-state index in [0.29, 0.717) is 34.6 Å². The standard InChI is InChI=1S/C26H17Br2NO4/c1-2-13-32-19-10-3-15(4-11-19)23-22-24(30)20-14-17(28)7-12-21(20)33-25(22)26(31)29(23)18-8-5-16(27)6-9-18/h2-12,14,23H,1,13H2. The smallest absolute Gasteiger partial charge is 0.295 e. The van der Waals surface area contributed by atoms with Gasteiger partial charge in [-0.3, -0.25) is 14.5 Å². The molecule has 0 aliphatic carbocycles. The highest BCUT2D eigenvalue weighted by atomic mass is 79.9. The highest BCUT2D eigenvalue weighted by Gasteiger charge is 2.43. The van der Waals surface area contributed by atoms with Crippen LogP contribution >= 0.6 is 31.9 Å². The zero-order valence-electron chi connectivity index (χ0n) is 17.3. The summed E-state index contributed by atoms with van der Waals surface area (Å²) in [5, 5.41) is 0.421. The Hall–Kier alpha value is -3.16. The number of carbonyl (C=O) groups excluding carboxylic acids is 1.